The van der Waals surface area contributed by atoms with Crippen molar-refractivity contribution >= 4 is 19.8 Å². The molecule has 0 N–H and O–H groups in total. The predicted molar refractivity (Wildman–Crippen MR) is 95.2 cm³/mol. The third-order valence-corrected chi connectivity index (χ3v) is 5.59. The van der Waals surface area contributed by atoms with E-state index in [2.05, 4.69) is 50.9 Å². The number of ether oxygens (including phenoxy) is 1. The second-order valence-corrected chi connectivity index (χ2v) is 12.7. The highest BCUT2D eigenvalue weighted by Gasteiger charge is 2.58. The first-order chi connectivity index (χ1) is 10.5. The molecule has 1 aliphatic rings. The van der Waals surface area contributed by atoms with Gasteiger partial charge in [0.1, 0.15) is 8.07 Å². The van der Waals surface area contributed by atoms with E-state index in [9.17, 15) is 9.59 Å². The standard InChI is InChI=1S/C19H28O3Si/c1-8-19(17(21)22-4)15(11-9-10-14-23(5,6)7)18(2,3)13-12-16(19)20/h1,15H,9,11-13H2,2-7H3/t15-,19-/m0/s1. The number of carbonyl (C=O) groups excluding carboxylic acids is 2. The topological polar surface area (TPSA) is 43.4 Å². The summed E-state index contributed by atoms with van der Waals surface area (Å²) < 4.78 is 4.91. The van der Waals surface area contributed by atoms with Crippen LogP contribution in [0.1, 0.15) is 39.5 Å². The number of ketones is 1. The van der Waals surface area contributed by atoms with Gasteiger partial charge in [0, 0.05) is 12.8 Å². The Labute approximate surface area is 141 Å². The van der Waals surface area contributed by atoms with Crippen LogP contribution in [-0.2, 0) is 14.3 Å². The Hall–Kier alpha value is -1.52. The lowest BCUT2D eigenvalue weighted by Gasteiger charge is -2.46. The van der Waals surface area contributed by atoms with Crippen molar-refractivity contribution in [2.24, 2.45) is 16.7 Å². The molecular weight excluding hydrogens is 304 g/mol. The third kappa shape index (κ3) is 4.06. The summed E-state index contributed by atoms with van der Waals surface area (Å²) in [4.78, 5) is 25.0. The maximum Gasteiger partial charge on any atom is 0.331 e. The summed E-state index contributed by atoms with van der Waals surface area (Å²) in [5, 5.41) is 0. The van der Waals surface area contributed by atoms with E-state index in [1.807, 2.05) is 0 Å². The van der Waals surface area contributed by atoms with Crippen LogP contribution in [0.3, 0.4) is 0 Å². The lowest BCUT2D eigenvalue weighted by atomic mass is 9.54. The second kappa shape index (κ2) is 6.93. The van der Waals surface area contributed by atoms with Gasteiger partial charge in [-0.2, -0.15) is 0 Å². The molecule has 126 valence electrons. The van der Waals surface area contributed by atoms with E-state index >= 15 is 0 Å². The van der Waals surface area contributed by atoms with E-state index < -0.39 is 19.5 Å². The molecule has 0 heterocycles. The van der Waals surface area contributed by atoms with Crippen LogP contribution in [0.5, 0.6) is 0 Å². The number of Topliss-reactive ketones (excluding diaryl/α,β-unsaturated/α-hetero) is 1. The molecule has 0 amide bonds. The zero-order valence-electron chi connectivity index (χ0n) is 15.2. The molecule has 0 radical (unpaired) electrons. The highest BCUT2D eigenvalue weighted by Crippen LogP contribution is 2.51. The van der Waals surface area contributed by atoms with Crippen molar-refractivity contribution in [1.29, 1.82) is 0 Å². The highest BCUT2D eigenvalue weighted by atomic mass is 28.3. The lowest BCUT2D eigenvalue weighted by molar-refractivity contribution is -0.164. The number of hydrogen-bond acceptors (Lipinski definition) is 3. The molecule has 0 aromatic rings. The molecule has 1 saturated carbocycles. The van der Waals surface area contributed by atoms with E-state index in [-0.39, 0.29) is 17.1 Å². The second-order valence-electron chi connectivity index (χ2n) is 8.00. The smallest absolute Gasteiger partial charge is 0.331 e. The first kappa shape index (κ1) is 19.5. The molecule has 0 spiro atoms. The van der Waals surface area contributed by atoms with Gasteiger partial charge in [0.2, 0.25) is 0 Å². The summed E-state index contributed by atoms with van der Waals surface area (Å²) in [5.74, 6) is 4.71. The van der Waals surface area contributed by atoms with Crippen LogP contribution in [0.25, 0.3) is 0 Å². The first-order valence-corrected chi connectivity index (χ1v) is 11.6. The van der Waals surface area contributed by atoms with Gasteiger partial charge in [-0.3, -0.25) is 4.79 Å². The Morgan fingerprint density at radius 3 is 2.48 bits per heavy atom. The quantitative estimate of drug-likeness (QED) is 0.344. The lowest BCUT2D eigenvalue weighted by Crippen LogP contribution is -2.54. The Morgan fingerprint density at radius 2 is 2.00 bits per heavy atom. The SMILES string of the molecule is C#C[C@@]1(C(=O)OC)C(=O)CCC(C)(C)[C@@H]1CCC#C[Si](C)(C)C. The highest BCUT2D eigenvalue weighted by molar-refractivity contribution is 6.83. The number of hydrogen-bond donors (Lipinski definition) is 0. The van der Waals surface area contributed by atoms with Crippen LogP contribution in [0, 0.1) is 40.6 Å². The molecule has 0 unspecified atom stereocenters. The number of carbonyl (C=O) groups is 2. The van der Waals surface area contributed by atoms with Gasteiger partial charge in [0.25, 0.3) is 0 Å². The van der Waals surface area contributed by atoms with Gasteiger partial charge in [0.05, 0.1) is 7.11 Å². The zero-order chi connectivity index (χ0) is 17.9. The van der Waals surface area contributed by atoms with Crippen molar-refractivity contribution in [2.75, 3.05) is 7.11 Å². The Morgan fingerprint density at radius 1 is 1.39 bits per heavy atom. The van der Waals surface area contributed by atoms with Gasteiger partial charge in [0.15, 0.2) is 11.2 Å². The fourth-order valence-electron chi connectivity index (χ4n) is 3.40. The Balaban J connectivity index is 3.17. The predicted octanol–water partition coefficient (Wildman–Crippen LogP) is 3.45. The fraction of sp³-hybridized carbons (Fsp3) is 0.684. The van der Waals surface area contributed by atoms with Crippen molar-refractivity contribution in [3.05, 3.63) is 0 Å². The van der Waals surface area contributed by atoms with Crippen LogP contribution in [0.2, 0.25) is 19.6 Å². The number of terminal acetylenes is 1. The van der Waals surface area contributed by atoms with Crippen LogP contribution in [0.4, 0.5) is 0 Å². The molecule has 3 nitrogen and oxygen atoms in total. The summed E-state index contributed by atoms with van der Waals surface area (Å²) in [6.07, 6.45) is 8.03. The Bertz CT molecular complexity index is 570. The van der Waals surface area contributed by atoms with Crippen molar-refractivity contribution in [1.82, 2.24) is 0 Å². The van der Waals surface area contributed by atoms with Crippen LogP contribution in [-0.4, -0.2) is 26.9 Å². The summed E-state index contributed by atoms with van der Waals surface area (Å²) in [5.41, 5.74) is 1.66. The fourth-order valence-corrected chi connectivity index (χ4v) is 4.05. The minimum Gasteiger partial charge on any atom is -0.468 e. The molecule has 1 aliphatic carbocycles. The summed E-state index contributed by atoms with van der Waals surface area (Å²) >= 11 is 0. The largest absolute Gasteiger partial charge is 0.468 e. The van der Waals surface area contributed by atoms with Crippen LogP contribution >= 0.6 is 0 Å². The van der Waals surface area contributed by atoms with Gasteiger partial charge in [-0.15, -0.1) is 17.9 Å². The molecule has 1 rings (SSSR count). The van der Waals surface area contributed by atoms with E-state index in [1.165, 1.54) is 7.11 Å². The summed E-state index contributed by atoms with van der Waals surface area (Å²) in [6.45, 7) is 10.7. The average Bonchev–Trinajstić information content (AvgIpc) is 2.45. The van der Waals surface area contributed by atoms with E-state index in [0.29, 0.717) is 19.3 Å². The number of methoxy groups -OCH3 is 1. The van der Waals surface area contributed by atoms with Crippen molar-refractivity contribution in [3.8, 4) is 23.8 Å². The van der Waals surface area contributed by atoms with Crippen LogP contribution < -0.4 is 0 Å². The third-order valence-electron chi connectivity index (χ3n) is 4.66. The van der Waals surface area contributed by atoms with Gasteiger partial charge >= 0.3 is 5.97 Å². The maximum absolute atomic E-state index is 12.6. The summed E-state index contributed by atoms with van der Waals surface area (Å²) in [7, 11) is -0.136. The number of esters is 1. The molecule has 1 fully saturated rings. The molecule has 0 bridgehead atoms. The number of rotatable bonds is 3. The molecular formula is C19H28O3Si. The molecule has 23 heavy (non-hydrogen) atoms. The molecule has 0 aromatic carbocycles. The van der Waals surface area contributed by atoms with E-state index in [0.717, 1.165) is 6.42 Å². The van der Waals surface area contributed by atoms with Crippen LogP contribution in [0.15, 0.2) is 0 Å². The van der Waals surface area contributed by atoms with Crippen molar-refractivity contribution in [2.45, 2.75) is 59.2 Å². The minimum atomic E-state index is -1.46. The molecule has 0 saturated heterocycles. The van der Waals surface area contributed by atoms with Crippen molar-refractivity contribution < 1.29 is 14.3 Å². The zero-order valence-corrected chi connectivity index (χ0v) is 16.2. The van der Waals surface area contributed by atoms with Gasteiger partial charge < -0.3 is 4.74 Å². The Kier molecular flexibility index (Phi) is 5.88. The van der Waals surface area contributed by atoms with Gasteiger partial charge in [-0.05, 0) is 24.2 Å². The van der Waals surface area contributed by atoms with E-state index in [4.69, 9.17) is 11.2 Å². The maximum atomic E-state index is 12.6. The average molecular weight is 333 g/mol. The van der Waals surface area contributed by atoms with E-state index in [1.54, 1.807) is 0 Å². The molecule has 4 heteroatoms. The molecule has 0 aromatic heterocycles. The minimum absolute atomic E-state index is 0.186. The normalized spacial score (nSPS) is 26.7. The van der Waals surface area contributed by atoms with Gasteiger partial charge in [-0.25, -0.2) is 4.79 Å². The summed E-state index contributed by atoms with van der Waals surface area (Å²) in [6, 6.07) is 0. The first-order valence-electron chi connectivity index (χ1n) is 8.11. The molecule has 0 aliphatic heterocycles. The monoisotopic (exact) mass is 332 g/mol. The molecule has 2 atom stereocenters. The van der Waals surface area contributed by atoms with Gasteiger partial charge in [-0.1, -0.05) is 39.4 Å². The van der Waals surface area contributed by atoms with Crippen molar-refractivity contribution in [3.63, 3.8) is 0 Å².